The first-order valence-electron chi connectivity index (χ1n) is 8.11. The van der Waals surface area contributed by atoms with E-state index in [1.165, 1.54) is 34.6 Å². The molecule has 146 valence electrons. The van der Waals surface area contributed by atoms with Crippen molar-refractivity contribution in [3.63, 3.8) is 0 Å². The number of benzene rings is 1. The van der Waals surface area contributed by atoms with Gasteiger partial charge in [-0.2, -0.15) is 5.01 Å². The molecule has 0 saturated carbocycles. The number of urea groups is 1. The van der Waals surface area contributed by atoms with E-state index in [1.54, 1.807) is 24.3 Å². The van der Waals surface area contributed by atoms with Crippen LogP contribution < -0.4 is 5.53 Å². The van der Waals surface area contributed by atoms with Gasteiger partial charge in [0.2, 0.25) is 0 Å². The Morgan fingerprint density at radius 1 is 1.29 bits per heavy atom. The van der Waals surface area contributed by atoms with Gasteiger partial charge in [-0.1, -0.05) is 12.1 Å². The number of amidine groups is 1. The molecule has 3 heterocycles. The van der Waals surface area contributed by atoms with Gasteiger partial charge in [-0.15, -0.1) is 16.4 Å². The summed E-state index contributed by atoms with van der Waals surface area (Å²) < 4.78 is 28.1. The zero-order valence-electron chi connectivity index (χ0n) is 15.0. The van der Waals surface area contributed by atoms with Crippen molar-refractivity contribution in [2.75, 3.05) is 26.8 Å². The number of nitrogens with one attached hydrogen (secondary N) is 1. The minimum absolute atomic E-state index is 0.0618. The quantitative estimate of drug-likeness (QED) is 0.775. The lowest BCUT2D eigenvalue weighted by atomic mass is 10.2. The van der Waals surface area contributed by atoms with Crippen LogP contribution in [-0.4, -0.2) is 67.7 Å². The summed E-state index contributed by atoms with van der Waals surface area (Å²) in [5.41, 5.74) is 4.65. The maximum Gasteiger partial charge on any atom is 0.349 e. The fourth-order valence-electron chi connectivity index (χ4n) is 2.73. The topological polar surface area (TPSA) is 117 Å². The molecule has 1 N–H and O–H groups in total. The number of carbonyl (C=O) groups excluding carboxylic acids is 1. The molecule has 2 aliphatic rings. The van der Waals surface area contributed by atoms with Crippen LogP contribution in [0.15, 0.2) is 44.6 Å². The Morgan fingerprint density at radius 2 is 2.04 bits per heavy atom. The SMILES string of the molecule is COCN1NN=C2C(c3nc(-c4ccc(S(C)(=O)=O)cc4)cs3)=NCN2C1=O. The molecular weight excluding hydrogens is 404 g/mol. The second kappa shape index (κ2) is 6.96. The molecule has 0 atom stereocenters. The summed E-state index contributed by atoms with van der Waals surface area (Å²) in [5, 5.41) is 7.92. The highest BCUT2D eigenvalue weighted by Gasteiger charge is 2.37. The summed E-state index contributed by atoms with van der Waals surface area (Å²) in [6.45, 7) is 0.221. The molecule has 0 spiro atoms. The number of rotatable bonds is 5. The Kier molecular flexibility index (Phi) is 4.61. The molecule has 12 heteroatoms. The molecule has 4 rings (SSSR count). The van der Waals surface area contributed by atoms with Gasteiger partial charge < -0.3 is 4.74 Å². The van der Waals surface area contributed by atoms with Crippen LogP contribution in [-0.2, 0) is 14.6 Å². The Morgan fingerprint density at radius 3 is 2.71 bits per heavy atom. The highest BCUT2D eigenvalue weighted by atomic mass is 32.2. The van der Waals surface area contributed by atoms with Gasteiger partial charge >= 0.3 is 6.03 Å². The minimum atomic E-state index is -3.25. The first kappa shape index (κ1) is 18.5. The summed E-state index contributed by atoms with van der Waals surface area (Å²) in [6.07, 6.45) is 1.17. The maximum atomic E-state index is 12.4. The predicted molar refractivity (Wildman–Crippen MR) is 104 cm³/mol. The largest absolute Gasteiger partial charge is 0.362 e. The van der Waals surface area contributed by atoms with Crippen LogP contribution in [0.4, 0.5) is 4.79 Å². The third-order valence-electron chi connectivity index (χ3n) is 4.12. The van der Waals surface area contributed by atoms with E-state index in [-0.39, 0.29) is 24.3 Å². The summed E-state index contributed by atoms with van der Waals surface area (Å²) in [7, 11) is -1.76. The monoisotopic (exact) mass is 420 g/mol. The Hall–Kier alpha value is -2.83. The van der Waals surface area contributed by atoms with Gasteiger partial charge in [-0.25, -0.2) is 23.7 Å². The molecule has 0 aliphatic carbocycles. The number of hydrazine groups is 1. The average molecular weight is 420 g/mol. The lowest BCUT2D eigenvalue weighted by Gasteiger charge is -2.30. The van der Waals surface area contributed by atoms with Crippen LogP contribution in [0.25, 0.3) is 11.3 Å². The van der Waals surface area contributed by atoms with E-state index >= 15 is 0 Å². The van der Waals surface area contributed by atoms with Crippen LogP contribution in [0, 0.1) is 0 Å². The molecule has 0 bridgehead atoms. The van der Waals surface area contributed by atoms with Crippen LogP contribution in [0.3, 0.4) is 0 Å². The molecule has 2 aromatic rings. The van der Waals surface area contributed by atoms with Crippen molar-refractivity contribution < 1.29 is 17.9 Å². The van der Waals surface area contributed by atoms with E-state index in [9.17, 15) is 13.2 Å². The van der Waals surface area contributed by atoms with E-state index in [2.05, 4.69) is 20.6 Å². The number of carbonyl (C=O) groups is 1. The molecule has 0 unspecified atom stereocenters. The number of fused-ring (bicyclic) bond motifs is 1. The van der Waals surface area contributed by atoms with Crippen molar-refractivity contribution in [3.05, 3.63) is 34.7 Å². The van der Waals surface area contributed by atoms with Crippen molar-refractivity contribution >= 4 is 38.8 Å². The Balaban J connectivity index is 1.58. The third-order valence-corrected chi connectivity index (χ3v) is 6.10. The highest BCUT2D eigenvalue weighted by Crippen LogP contribution is 2.26. The molecule has 0 radical (unpaired) electrons. The number of thiazole rings is 1. The van der Waals surface area contributed by atoms with Crippen molar-refractivity contribution in [2.24, 2.45) is 10.1 Å². The molecule has 2 aliphatic heterocycles. The van der Waals surface area contributed by atoms with Gasteiger partial charge in [0.1, 0.15) is 24.1 Å². The first-order chi connectivity index (χ1) is 13.4. The fraction of sp³-hybridized carbons (Fsp3) is 0.250. The lowest BCUT2D eigenvalue weighted by molar-refractivity contribution is 0.0405. The summed E-state index contributed by atoms with van der Waals surface area (Å²) in [6, 6.07) is 6.22. The standard InChI is InChI=1S/C16H16N6O4S2/c1-26-9-22-16(23)21-8-17-13(14(21)19-20-22)15-18-12(7-27-15)10-3-5-11(6-4-10)28(2,24)25/h3-7,20H,8-9H2,1-2H3. The predicted octanol–water partition coefficient (Wildman–Crippen LogP) is 1.13. The van der Waals surface area contributed by atoms with E-state index in [0.29, 0.717) is 22.2 Å². The zero-order chi connectivity index (χ0) is 19.9. The number of hydrogen-bond acceptors (Lipinski definition) is 9. The number of aliphatic imine (C=N–C) groups is 1. The number of ether oxygens (including phenoxy) is 1. The van der Waals surface area contributed by atoms with E-state index in [4.69, 9.17) is 4.74 Å². The van der Waals surface area contributed by atoms with Crippen molar-refractivity contribution in [2.45, 2.75) is 4.90 Å². The van der Waals surface area contributed by atoms with Crippen molar-refractivity contribution in [1.82, 2.24) is 20.4 Å². The molecular formula is C16H16N6O4S2. The maximum absolute atomic E-state index is 12.4. The molecule has 0 saturated heterocycles. The Labute approximate surface area is 165 Å². The number of sulfone groups is 1. The number of amides is 2. The first-order valence-corrected chi connectivity index (χ1v) is 10.9. The lowest BCUT2D eigenvalue weighted by Crippen LogP contribution is -2.55. The highest BCUT2D eigenvalue weighted by molar-refractivity contribution is 7.90. The molecule has 1 aromatic carbocycles. The normalized spacial score (nSPS) is 16.6. The second-order valence-corrected chi connectivity index (χ2v) is 8.95. The summed E-state index contributed by atoms with van der Waals surface area (Å²) in [4.78, 5) is 23.1. The third kappa shape index (κ3) is 3.25. The van der Waals surface area contributed by atoms with Crippen LogP contribution in [0.5, 0.6) is 0 Å². The summed E-state index contributed by atoms with van der Waals surface area (Å²) >= 11 is 1.37. The van der Waals surface area contributed by atoms with E-state index in [0.717, 1.165) is 5.56 Å². The van der Waals surface area contributed by atoms with Crippen LogP contribution in [0.2, 0.25) is 0 Å². The van der Waals surface area contributed by atoms with Gasteiger partial charge in [-0.05, 0) is 12.1 Å². The smallest absolute Gasteiger partial charge is 0.349 e. The van der Waals surface area contributed by atoms with Gasteiger partial charge in [0.05, 0.1) is 10.6 Å². The fourth-order valence-corrected chi connectivity index (χ4v) is 4.19. The summed E-state index contributed by atoms with van der Waals surface area (Å²) in [5.74, 6) is 0.408. The van der Waals surface area contributed by atoms with E-state index < -0.39 is 9.84 Å². The van der Waals surface area contributed by atoms with E-state index in [1.807, 2.05) is 5.38 Å². The number of nitrogens with zero attached hydrogens (tertiary/aromatic N) is 5. The number of hydrogen-bond donors (Lipinski definition) is 1. The zero-order valence-corrected chi connectivity index (χ0v) is 16.6. The van der Waals surface area contributed by atoms with Gasteiger partial charge in [0, 0.05) is 24.3 Å². The molecule has 10 nitrogen and oxygen atoms in total. The molecule has 1 aromatic heterocycles. The minimum Gasteiger partial charge on any atom is -0.362 e. The van der Waals surface area contributed by atoms with Crippen LogP contribution in [0.1, 0.15) is 5.01 Å². The van der Waals surface area contributed by atoms with Crippen molar-refractivity contribution in [3.8, 4) is 11.3 Å². The van der Waals surface area contributed by atoms with Gasteiger partial charge in [0.15, 0.2) is 15.7 Å². The Bertz CT molecular complexity index is 1090. The van der Waals surface area contributed by atoms with Crippen LogP contribution >= 0.6 is 11.3 Å². The number of aromatic nitrogens is 1. The molecule has 2 amide bonds. The second-order valence-electron chi connectivity index (χ2n) is 6.07. The molecule has 28 heavy (non-hydrogen) atoms. The number of methoxy groups -OCH3 is 1. The molecule has 0 fully saturated rings. The number of hydrazone groups is 1. The van der Waals surface area contributed by atoms with Gasteiger partial charge in [-0.3, -0.25) is 9.89 Å². The average Bonchev–Trinajstić information content (AvgIpc) is 3.30. The van der Waals surface area contributed by atoms with Crippen molar-refractivity contribution in [1.29, 1.82) is 0 Å². The van der Waals surface area contributed by atoms with Gasteiger partial charge in [0.25, 0.3) is 0 Å².